The smallest absolute Gasteiger partial charge is 0.227 e. The van der Waals surface area contributed by atoms with Crippen molar-refractivity contribution in [1.29, 1.82) is 0 Å². The SMILES string of the molecule is CC1c2cc(F)ccc2CCN1C(=O)Cc1ccc(Br)cc1. The predicted octanol–water partition coefficient (Wildman–Crippen LogP) is 4.28. The summed E-state index contributed by atoms with van der Waals surface area (Å²) < 4.78 is 14.5. The molecule has 2 aromatic rings. The van der Waals surface area contributed by atoms with Crippen LogP contribution in [0.4, 0.5) is 4.39 Å². The molecule has 1 aliphatic rings. The number of carbonyl (C=O) groups is 1. The monoisotopic (exact) mass is 361 g/mol. The van der Waals surface area contributed by atoms with E-state index in [1.54, 1.807) is 6.07 Å². The normalized spacial score (nSPS) is 17.2. The zero-order chi connectivity index (χ0) is 15.7. The fourth-order valence-corrected chi connectivity index (χ4v) is 3.27. The van der Waals surface area contributed by atoms with Crippen LogP contribution in [-0.2, 0) is 17.6 Å². The number of hydrogen-bond donors (Lipinski definition) is 0. The molecule has 3 rings (SSSR count). The minimum Gasteiger partial charge on any atom is -0.335 e. The lowest BCUT2D eigenvalue weighted by Gasteiger charge is -2.35. The Labute approximate surface area is 138 Å². The van der Waals surface area contributed by atoms with Crippen LogP contribution >= 0.6 is 15.9 Å². The first-order valence-corrected chi connectivity index (χ1v) is 8.16. The number of amides is 1. The maximum atomic E-state index is 13.5. The lowest BCUT2D eigenvalue weighted by atomic mass is 9.93. The van der Waals surface area contributed by atoms with Gasteiger partial charge < -0.3 is 4.90 Å². The lowest BCUT2D eigenvalue weighted by molar-refractivity contribution is -0.133. The van der Waals surface area contributed by atoms with Gasteiger partial charge in [0.1, 0.15) is 5.82 Å². The van der Waals surface area contributed by atoms with E-state index in [1.165, 1.54) is 6.07 Å². The van der Waals surface area contributed by atoms with Crippen LogP contribution in [-0.4, -0.2) is 17.4 Å². The first-order chi connectivity index (χ1) is 10.5. The number of hydrogen-bond acceptors (Lipinski definition) is 1. The van der Waals surface area contributed by atoms with Gasteiger partial charge in [-0.05, 0) is 54.3 Å². The van der Waals surface area contributed by atoms with Crippen LogP contribution in [0.3, 0.4) is 0 Å². The van der Waals surface area contributed by atoms with Crippen molar-refractivity contribution < 1.29 is 9.18 Å². The quantitative estimate of drug-likeness (QED) is 0.781. The molecule has 2 aromatic carbocycles. The van der Waals surface area contributed by atoms with E-state index in [0.717, 1.165) is 27.6 Å². The molecule has 0 saturated heterocycles. The van der Waals surface area contributed by atoms with Crippen LogP contribution < -0.4 is 0 Å². The van der Waals surface area contributed by atoms with Crippen molar-refractivity contribution in [1.82, 2.24) is 4.90 Å². The van der Waals surface area contributed by atoms with Crippen LogP contribution in [0.5, 0.6) is 0 Å². The van der Waals surface area contributed by atoms with Crippen molar-refractivity contribution in [2.75, 3.05) is 6.54 Å². The van der Waals surface area contributed by atoms with Crippen LogP contribution in [0.15, 0.2) is 46.9 Å². The molecule has 1 amide bonds. The Morgan fingerprint density at radius 1 is 1.27 bits per heavy atom. The maximum absolute atomic E-state index is 13.5. The average Bonchev–Trinajstić information content (AvgIpc) is 2.50. The number of carbonyl (C=O) groups excluding carboxylic acids is 1. The van der Waals surface area contributed by atoms with E-state index >= 15 is 0 Å². The standard InChI is InChI=1S/C18H17BrFNO/c1-12-17-11-16(20)7-4-14(17)8-9-21(12)18(22)10-13-2-5-15(19)6-3-13/h2-7,11-12H,8-10H2,1H3. The molecule has 0 aromatic heterocycles. The minimum absolute atomic E-state index is 0.0811. The summed E-state index contributed by atoms with van der Waals surface area (Å²) in [7, 11) is 0. The largest absolute Gasteiger partial charge is 0.335 e. The van der Waals surface area contributed by atoms with E-state index in [2.05, 4.69) is 15.9 Å². The third-order valence-corrected chi connectivity index (χ3v) is 4.77. The Kier molecular flexibility index (Phi) is 4.30. The Hall–Kier alpha value is -1.68. The van der Waals surface area contributed by atoms with Gasteiger partial charge in [0.15, 0.2) is 0 Å². The molecule has 1 aliphatic heterocycles. The molecule has 1 heterocycles. The number of rotatable bonds is 2. The minimum atomic E-state index is -0.243. The molecule has 0 aliphatic carbocycles. The van der Waals surface area contributed by atoms with Crippen molar-refractivity contribution in [3.8, 4) is 0 Å². The van der Waals surface area contributed by atoms with Crippen LogP contribution in [0.25, 0.3) is 0 Å². The van der Waals surface area contributed by atoms with E-state index in [0.29, 0.717) is 13.0 Å². The summed E-state index contributed by atoms with van der Waals surface area (Å²) in [5.74, 6) is -0.155. The predicted molar refractivity (Wildman–Crippen MR) is 88.1 cm³/mol. The molecular weight excluding hydrogens is 345 g/mol. The summed E-state index contributed by atoms with van der Waals surface area (Å²) in [5.41, 5.74) is 3.06. The summed E-state index contributed by atoms with van der Waals surface area (Å²) in [4.78, 5) is 14.4. The number of nitrogens with zero attached hydrogens (tertiary/aromatic N) is 1. The fraction of sp³-hybridized carbons (Fsp3) is 0.278. The Morgan fingerprint density at radius 3 is 2.73 bits per heavy atom. The second kappa shape index (κ2) is 6.21. The molecule has 0 fully saturated rings. The molecule has 22 heavy (non-hydrogen) atoms. The highest BCUT2D eigenvalue weighted by atomic mass is 79.9. The van der Waals surface area contributed by atoms with Crippen molar-refractivity contribution in [3.63, 3.8) is 0 Å². The van der Waals surface area contributed by atoms with Gasteiger partial charge in [-0.3, -0.25) is 4.79 Å². The van der Waals surface area contributed by atoms with Gasteiger partial charge in [-0.25, -0.2) is 4.39 Å². The first-order valence-electron chi connectivity index (χ1n) is 7.37. The first kappa shape index (κ1) is 15.2. The van der Waals surface area contributed by atoms with Gasteiger partial charge in [-0.1, -0.05) is 34.1 Å². The van der Waals surface area contributed by atoms with Crippen LogP contribution in [0.1, 0.15) is 29.7 Å². The second-order valence-electron chi connectivity index (χ2n) is 5.66. The van der Waals surface area contributed by atoms with Crippen LogP contribution in [0, 0.1) is 5.82 Å². The Bertz CT molecular complexity index is 699. The molecular formula is C18H17BrFNO. The van der Waals surface area contributed by atoms with Crippen molar-refractivity contribution in [2.24, 2.45) is 0 Å². The summed E-state index contributed by atoms with van der Waals surface area (Å²) in [5, 5.41) is 0. The number of fused-ring (bicyclic) bond motifs is 1. The van der Waals surface area contributed by atoms with Gasteiger partial charge in [0.25, 0.3) is 0 Å². The summed E-state index contributed by atoms with van der Waals surface area (Å²) in [6.45, 7) is 2.66. The summed E-state index contributed by atoms with van der Waals surface area (Å²) >= 11 is 3.39. The van der Waals surface area contributed by atoms with E-state index < -0.39 is 0 Å². The second-order valence-corrected chi connectivity index (χ2v) is 6.58. The molecule has 0 spiro atoms. The van der Waals surface area contributed by atoms with Crippen LogP contribution in [0.2, 0.25) is 0 Å². The molecule has 4 heteroatoms. The summed E-state index contributed by atoms with van der Waals surface area (Å²) in [6, 6.07) is 12.6. The Balaban J connectivity index is 1.78. The highest BCUT2D eigenvalue weighted by Gasteiger charge is 2.27. The van der Waals surface area contributed by atoms with Gasteiger partial charge >= 0.3 is 0 Å². The lowest BCUT2D eigenvalue weighted by Crippen LogP contribution is -2.39. The highest BCUT2D eigenvalue weighted by Crippen LogP contribution is 2.30. The van der Waals surface area contributed by atoms with Crippen molar-refractivity contribution in [2.45, 2.75) is 25.8 Å². The molecule has 1 atom stereocenters. The molecule has 2 nitrogen and oxygen atoms in total. The van der Waals surface area contributed by atoms with Gasteiger partial charge in [0.05, 0.1) is 12.5 Å². The van der Waals surface area contributed by atoms with E-state index in [-0.39, 0.29) is 17.8 Å². The molecule has 114 valence electrons. The topological polar surface area (TPSA) is 20.3 Å². The highest BCUT2D eigenvalue weighted by molar-refractivity contribution is 9.10. The molecule has 0 radical (unpaired) electrons. The average molecular weight is 362 g/mol. The van der Waals surface area contributed by atoms with Gasteiger partial charge in [0, 0.05) is 11.0 Å². The zero-order valence-electron chi connectivity index (χ0n) is 12.4. The summed E-state index contributed by atoms with van der Waals surface area (Å²) in [6.07, 6.45) is 1.16. The third-order valence-electron chi connectivity index (χ3n) is 4.24. The zero-order valence-corrected chi connectivity index (χ0v) is 13.9. The maximum Gasteiger partial charge on any atom is 0.227 e. The Morgan fingerprint density at radius 2 is 2.00 bits per heavy atom. The van der Waals surface area contributed by atoms with Gasteiger partial charge in [0.2, 0.25) is 5.91 Å². The van der Waals surface area contributed by atoms with E-state index in [4.69, 9.17) is 0 Å². The molecule has 1 unspecified atom stereocenters. The van der Waals surface area contributed by atoms with Crippen molar-refractivity contribution in [3.05, 3.63) is 69.4 Å². The molecule has 0 N–H and O–H groups in total. The number of benzene rings is 2. The van der Waals surface area contributed by atoms with E-state index in [9.17, 15) is 9.18 Å². The van der Waals surface area contributed by atoms with Gasteiger partial charge in [-0.2, -0.15) is 0 Å². The fourth-order valence-electron chi connectivity index (χ4n) is 3.00. The van der Waals surface area contributed by atoms with Crippen molar-refractivity contribution >= 4 is 21.8 Å². The third kappa shape index (κ3) is 3.07. The van der Waals surface area contributed by atoms with Gasteiger partial charge in [-0.15, -0.1) is 0 Å². The molecule has 0 saturated carbocycles. The van der Waals surface area contributed by atoms with E-state index in [1.807, 2.05) is 42.2 Å². The number of halogens is 2. The molecule has 0 bridgehead atoms.